The van der Waals surface area contributed by atoms with Crippen molar-refractivity contribution in [1.82, 2.24) is 4.98 Å². The number of ether oxygens (including phenoxy) is 1. The standard InChI is InChI=1S/C13H13ClN4O3/c1-6-10(11(19)18-13(15)16)17-12(21-6)8-5-7(14)3-4-9(8)20-2/h3-5H,1-2H3,(H4,15,16,18,19). The van der Waals surface area contributed by atoms with Crippen LogP contribution in [-0.2, 0) is 0 Å². The fourth-order valence-corrected chi connectivity index (χ4v) is 1.90. The molecule has 7 nitrogen and oxygen atoms in total. The Morgan fingerprint density at radius 2 is 2.14 bits per heavy atom. The SMILES string of the molecule is COc1ccc(Cl)cc1-c1nc(C(=O)N=C(N)N)c(C)o1. The lowest BCUT2D eigenvalue weighted by molar-refractivity contribution is 0.0997. The first-order chi connectivity index (χ1) is 9.92. The number of amides is 1. The molecule has 0 saturated carbocycles. The molecule has 0 radical (unpaired) electrons. The van der Waals surface area contributed by atoms with Gasteiger partial charge in [-0.25, -0.2) is 4.98 Å². The van der Waals surface area contributed by atoms with Gasteiger partial charge in [0.05, 0.1) is 12.7 Å². The van der Waals surface area contributed by atoms with Gasteiger partial charge in [-0.05, 0) is 25.1 Å². The molecule has 21 heavy (non-hydrogen) atoms. The summed E-state index contributed by atoms with van der Waals surface area (Å²) in [5.74, 6) is -0.0164. The number of hydrogen-bond acceptors (Lipinski definition) is 4. The summed E-state index contributed by atoms with van der Waals surface area (Å²) < 4.78 is 10.7. The van der Waals surface area contributed by atoms with E-state index in [1.807, 2.05) is 0 Å². The number of carbonyl (C=O) groups is 1. The summed E-state index contributed by atoms with van der Waals surface area (Å²) in [4.78, 5) is 19.4. The van der Waals surface area contributed by atoms with Crippen LogP contribution >= 0.6 is 11.6 Å². The van der Waals surface area contributed by atoms with Gasteiger partial charge in [-0.2, -0.15) is 4.99 Å². The summed E-state index contributed by atoms with van der Waals surface area (Å²) in [5.41, 5.74) is 10.9. The Kier molecular flexibility index (Phi) is 4.13. The molecule has 0 saturated heterocycles. The molecule has 0 spiro atoms. The first-order valence-electron chi connectivity index (χ1n) is 5.87. The van der Waals surface area contributed by atoms with E-state index in [-0.39, 0.29) is 17.5 Å². The fourth-order valence-electron chi connectivity index (χ4n) is 1.73. The van der Waals surface area contributed by atoms with E-state index >= 15 is 0 Å². The molecular formula is C13H13ClN4O3. The van der Waals surface area contributed by atoms with Gasteiger partial charge in [-0.1, -0.05) is 11.6 Å². The van der Waals surface area contributed by atoms with E-state index in [1.54, 1.807) is 25.1 Å². The van der Waals surface area contributed by atoms with E-state index < -0.39 is 5.91 Å². The van der Waals surface area contributed by atoms with Crippen LogP contribution in [-0.4, -0.2) is 24.0 Å². The lowest BCUT2D eigenvalue weighted by Crippen LogP contribution is -2.24. The molecule has 0 bridgehead atoms. The first kappa shape index (κ1) is 14.9. The fraction of sp³-hybridized carbons (Fsp3) is 0.154. The average Bonchev–Trinajstić information content (AvgIpc) is 2.80. The summed E-state index contributed by atoms with van der Waals surface area (Å²) in [6.45, 7) is 1.59. The smallest absolute Gasteiger partial charge is 0.302 e. The molecular weight excluding hydrogens is 296 g/mol. The number of halogens is 1. The minimum absolute atomic E-state index is 0.0282. The Morgan fingerprint density at radius 3 is 2.76 bits per heavy atom. The number of aryl methyl sites for hydroxylation is 1. The van der Waals surface area contributed by atoms with Crippen molar-refractivity contribution < 1.29 is 13.9 Å². The average molecular weight is 309 g/mol. The highest BCUT2D eigenvalue weighted by Gasteiger charge is 2.20. The zero-order chi connectivity index (χ0) is 15.6. The Hall–Kier alpha value is -2.54. The van der Waals surface area contributed by atoms with Gasteiger partial charge < -0.3 is 20.6 Å². The summed E-state index contributed by atoms with van der Waals surface area (Å²) in [6.07, 6.45) is 0. The number of carbonyl (C=O) groups excluding carboxylic acids is 1. The van der Waals surface area contributed by atoms with Crippen LogP contribution in [0.1, 0.15) is 16.2 Å². The zero-order valence-electron chi connectivity index (χ0n) is 11.4. The van der Waals surface area contributed by atoms with Crippen LogP contribution in [0.4, 0.5) is 0 Å². The second-order valence-corrected chi connectivity index (χ2v) is 4.55. The predicted molar refractivity (Wildman–Crippen MR) is 78.4 cm³/mol. The highest BCUT2D eigenvalue weighted by Crippen LogP contribution is 2.33. The summed E-state index contributed by atoms with van der Waals surface area (Å²) in [5, 5.41) is 0.485. The van der Waals surface area contributed by atoms with Gasteiger partial charge in [0.25, 0.3) is 0 Å². The molecule has 0 aliphatic heterocycles. The van der Waals surface area contributed by atoms with Crippen LogP contribution in [0.2, 0.25) is 5.02 Å². The second kappa shape index (κ2) is 5.84. The molecule has 1 amide bonds. The number of nitrogens with zero attached hydrogens (tertiary/aromatic N) is 2. The first-order valence-corrected chi connectivity index (χ1v) is 6.25. The summed E-state index contributed by atoms with van der Waals surface area (Å²) >= 11 is 5.95. The van der Waals surface area contributed by atoms with E-state index in [0.29, 0.717) is 22.1 Å². The molecule has 1 heterocycles. The molecule has 1 aromatic heterocycles. The van der Waals surface area contributed by atoms with Crippen molar-refractivity contribution in [2.45, 2.75) is 6.92 Å². The van der Waals surface area contributed by atoms with Crippen LogP contribution in [0.25, 0.3) is 11.5 Å². The largest absolute Gasteiger partial charge is 0.496 e. The summed E-state index contributed by atoms with van der Waals surface area (Å²) in [6, 6.07) is 4.97. The molecule has 8 heteroatoms. The number of methoxy groups -OCH3 is 1. The van der Waals surface area contributed by atoms with Crippen LogP contribution < -0.4 is 16.2 Å². The Morgan fingerprint density at radius 1 is 1.43 bits per heavy atom. The molecule has 0 aliphatic carbocycles. The van der Waals surface area contributed by atoms with Crippen molar-refractivity contribution in [3.05, 3.63) is 34.7 Å². The number of oxazole rings is 1. The van der Waals surface area contributed by atoms with E-state index in [9.17, 15) is 4.79 Å². The third kappa shape index (κ3) is 3.14. The predicted octanol–water partition coefficient (Wildman–Crippen LogP) is 1.73. The Bertz CT molecular complexity index is 720. The van der Waals surface area contributed by atoms with E-state index in [0.717, 1.165) is 0 Å². The van der Waals surface area contributed by atoms with Crippen LogP contribution in [0, 0.1) is 6.92 Å². The van der Waals surface area contributed by atoms with Crippen LogP contribution in [0.3, 0.4) is 0 Å². The van der Waals surface area contributed by atoms with Crippen molar-refractivity contribution in [1.29, 1.82) is 0 Å². The molecule has 2 rings (SSSR count). The van der Waals surface area contributed by atoms with Gasteiger partial charge >= 0.3 is 5.91 Å². The number of aromatic nitrogens is 1. The third-order valence-electron chi connectivity index (χ3n) is 2.62. The maximum atomic E-state index is 11.8. The number of guanidine groups is 1. The Balaban J connectivity index is 2.50. The minimum Gasteiger partial charge on any atom is -0.496 e. The number of benzene rings is 1. The number of rotatable bonds is 3. The molecule has 0 fully saturated rings. The van der Waals surface area contributed by atoms with E-state index in [1.165, 1.54) is 7.11 Å². The van der Waals surface area contributed by atoms with Crippen molar-refractivity contribution >= 4 is 23.5 Å². The van der Waals surface area contributed by atoms with Crippen LogP contribution in [0.5, 0.6) is 5.75 Å². The second-order valence-electron chi connectivity index (χ2n) is 4.11. The van der Waals surface area contributed by atoms with Gasteiger partial charge in [-0.3, -0.25) is 4.79 Å². The number of aliphatic imine (C=N–C) groups is 1. The van der Waals surface area contributed by atoms with Crippen molar-refractivity contribution in [2.24, 2.45) is 16.5 Å². The lowest BCUT2D eigenvalue weighted by atomic mass is 10.2. The Labute approximate surface area is 125 Å². The van der Waals surface area contributed by atoms with Crippen molar-refractivity contribution in [2.75, 3.05) is 7.11 Å². The number of hydrogen-bond donors (Lipinski definition) is 2. The highest BCUT2D eigenvalue weighted by molar-refractivity contribution is 6.30. The van der Waals surface area contributed by atoms with Gasteiger partial charge in [-0.15, -0.1) is 0 Å². The lowest BCUT2D eigenvalue weighted by Gasteiger charge is -2.05. The van der Waals surface area contributed by atoms with E-state index in [4.69, 9.17) is 32.2 Å². The van der Waals surface area contributed by atoms with Gasteiger partial charge in [0.1, 0.15) is 11.5 Å². The molecule has 0 aliphatic rings. The van der Waals surface area contributed by atoms with Gasteiger partial charge in [0, 0.05) is 5.02 Å². The van der Waals surface area contributed by atoms with Crippen molar-refractivity contribution in [3.63, 3.8) is 0 Å². The van der Waals surface area contributed by atoms with Gasteiger partial charge in [0.2, 0.25) is 5.89 Å². The monoisotopic (exact) mass is 308 g/mol. The van der Waals surface area contributed by atoms with Gasteiger partial charge in [0.15, 0.2) is 11.7 Å². The molecule has 1 aromatic carbocycles. The summed E-state index contributed by atoms with van der Waals surface area (Å²) in [7, 11) is 1.51. The zero-order valence-corrected chi connectivity index (χ0v) is 12.1. The van der Waals surface area contributed by atoms with E-state index in [2.05, 4.69) is 9.98 Å². The maximum absolute atomic E-state index is 11.8. The topological polar surface area (TPSA) is 117 Å². The third-order valence-corrected chi connectivity index (χ3v) is 2.86. The number of nitrogens with two attached hydrogens (primary N) is 2. The normalized spacial score (nSPS) is 10.2. The molecule has 110 valence electrons. The quantitative estimate of drug-likeness (QED) is 0.658. The maximum Gasteiger partial charge on any atom is 0.302 e. The molecule has 0 unspecified atom stereocenters. The molecule has 4 N–H and O–H groups in total. The minimum atomic E-state index is -0.677. The molecule has 0 atom stereocenters. The molecule has 2 aromatic rings. The highest BCUT2D eigenvalue weighted by atomic mass is 35.5. The van der Waals surface area contributed by atoms with Crippen LogP contribution in [0.15, 0.2) is 27.6 Å². The van der Waals surface area contributed by atoms with Crippen molar-refractivity contribution in [3.8, 4) is 17.2 Å².